The molecule has 7 nitrogen and oxygen atoms in total. The van der Waals surface area contributed by atoms with E-state index < -0.39 is 11.2 Å². The topological polar surface area (TPSA) is 85.0 Å². The van der Waals surface area contributed by atoms with E-state index >= 15 is 0 Å². The fourth-order valence-corrected chi connectivity index (χ4v) is 2.47. The summed E-state index contributed by atoms with van der Waals surface area (Å²) in [4.78, 5) is 22.6. The van der Waals surface area contributed by atoms with Crippen LogP contribution >= 0.6 is 11.6 Å². The standard InChI is InChI=1S/C16H12ClN3O4/c1-10(21)19-16(13-4-2-3-5-14(13)20(22)23)24-15(18-19)11-6-8-12(17)9-7-11/h2-9,16H,1H3/t16-/m1/s1. The molecule has 0 aromatic heterocycles. The van der Waals surface area contributed by atoms with Gasteiger partial charge in [-0.1, -0.05) is 23.7 Å². The fraction of sp³-hybridized carbons (Fsp3) is 0.125. The van der Waals surface area contributed by atoms with Gasteiger partial charge in [-0.3, -0.25) is 14.9 Å². The predicted octanol–water partition coefficient (Wildman–Crippen LogP) is 3.49. The number of ether oxygens (including phenoxy) is 1. The van der Waals surface area contributed by atoms with E-state index in [2.05, 4.69) is 5.10 Å². The third kappa shape index (κ3) is 2.93. The molecule has 0 spiro atoms. The van der Waals surface area contributed by atoms with Gasteiger partial charge in [-0.15, -0.1) is 5.10 Å². The van der Waals surface area contributed by atoms with E-state index in [0.717, 1.165) is 5.01 Å². The maximum atomic E-state index is 11.9. The Kier molecular flexibility index (Phi) is 4.18. The van der Waals surface area contributed by atoms with Gasteiger partial charge in [0.05, 0.1) is 10.5 Å². The van der Waals surface area contributed by atoms with E-state index in [1.807, 2.05) is 0 Å². The number of benzene rings is 2. The number of carbonyl (C=O) groups is 1. The molecule has 1 amide bonds. The monoisotopic (exact) mass is 345 g/mol. The van der Waals surface area contributed by atoms with Crippen LogP contribution in [0.3, 0.4) is 0 Å². The summed E-state index contributed by atoms with van der Waals surface area (Å²) in [5.74, 6) is -0.188. The van der Waals surface area contributed by atoms with Gasteiger partial charge in [0, 0.05) is 23.6 Å². The van der Waals surface area contributed by atoms with Crippen LogP contribution in [0, 0.1) is 10.1 Å². The summed E-state index contributed by atoms with van der Waals surface area (Å²) in [5, 5.41) is 17.0. The lowest BCUT2D eigenvalue weighted by atomic mass is 10.1. The van der Waals surface area contributed by atoms with Gasteiger partial charge >= 0.3 is 0 Å². The maximum Gasteiger partial charge on any atom is 0.278 e. The summed E-state index contributed by atoms with van der Waals surface area (Å²) in [6.07, 6.45) is -0.991. The van der Waals surface area contributed by atoms with Crippen molar-refractivity contribution in [2.75, 3.05) is 0 Å². The van der Waals surface area contributed by atoms with Gasteiger partial charge in [-0.2, -0.15) is 5.01 Å². The van der Waals surface area contributed by atoms with Crippen LogP contribution in [0.2, 0.25) is 5.02 Å². The molecule has 1 heterocycles. The van der Waals surface area contributed by atoms with Crippen molar-refractivity contribution < 1.29 is 14.5 Å². The number of nitrogens with zero attached hydrogens (tertiary/aromatic N) is 3. The molecule has 0 saturated carbocycles. The van der Waals surface area contributed by atoms with Crippen LogP contribution in [-0.2, 0) is 9.53 Å². The molecule has 1 aliphatic heterocycles. The van der Waals surface area contributed by atoms with Crippen molar-refractivity contribution in [3.8, 4) is 0 Å². The SMILES string of the molecule is CC(=O)N1N=C(c2ccc(Cl)cc2)O[C@@H]1c1ccccc1[N+](=O)[O-]. The zero-order valence-electron chi connectivity index (χ0n) is 12.5. The quantitative estimate of drug-likeness (QED) is 0.629. The number of hydrazone groups is 1. The van der Waals surface area contributed by atoms with Crippen molar-refractivity contribution in [2.24, 2.45) is 5.10 Å². The van der Waals surface area contributed by atoms with Gasteiger partial charge < -0.3 is 4.74 Å². The van der Waals surface area contributed by atoms with Crippen molar-refractivity contribution in [1.29, 1.82) is 0 Å². The molecule has 24 heavy (non-hydrogen) atoms. The third-order valence-electron chi connectivity index (χ3n) is 3.46. The minimum atomic E-state index is -0.991. The van der Waals surface area contributed by atoms with E-state index in [1.165, 1.54) is 13.0 Å². The highest BCUT2D eigenvalue weighted by molar-refractivity contribution is 6.30. The van der Waals surface area contributed by atoms with E-state index in [0.29, 0.717) is 10.6 Å². The molecule has 2 aromatic rings. The van der Waals surface area contributed by atoms with Crippen molar-refractivity contribution in [3.63, 3.8) is 0 Å². The number of hydrogen-bond donors (Lipinski definition) is 0. The average molecular weight is 346 g/mol. The van der Waals surface area contributed by atoms with Crippen LogP contribution in [0.5, 0.6) is 0 Å². The van der Waals surface area contributed by atoms with Gasteiger partial charge in [-0.05, 0) is 30.3 Å². The molecule has 122 valence electrons. The Bertz CT molecular complexity index is 835. The van der Waals surface area contributed by atoms with Crippen molar-refractivity contribution in [2.45, 2.75) is 13.2 Å². The molecule has 0 aliphatic carbocycles. The van der Waals surface area contributed by atoms with Gasteiger partial charge in [0.1, 0.15) is 0 Å². The first-order valence-electron chi connectivity index (χ1n) is 7.01. The first-order valence-corrected chi connectivity index (χ1v) is 7.39. The Morgan fingerprint density at radius 1 is 1.25 bits per heavy atom. The first kappa shape index (κ1) is 15.9. The predicted molar refractivity (Wildman–Crippen MR) is 87.4 cm³/mol. The second kappa shape index (κ2) is 6.29. The Hall–Kier alpha value is -2.93. The molecule has 0 fully saturated rings. The highest BCUT2D eigenvalue weighted by atomic mass is 35.5. The molecule has 1 aliphatic rings. The molecule has 0 N–H and O–H groups in total. The minimum absolute atomic E-state index is 0.138. The molecule has 2 aromatic carbocycles. The van der Waals surface area contributed by atoms with E-state index in [4.69, 9.17) is 16.3 Å². The molecular weight excluding hydrogens is 334 g/mol. The zero-order valence-corrected chi connectivity index (χ0v) is 13.3. The molecule has 0 radical (unpaired) electrons. The summed E-state index contributed by atoms with van der Waals surface area (Å²) in [7, 11) is 0. The van der Waals surface area contributed by atoms with E-state index in [1.54, 1.807) is 42.5 Å². The smallest absolute Gasteiger partial charge is 0.278 e. The van der Waals surface area contributed by atoms with Crippen molar-refractivity contribution >= 4 is 29.1 Å². The highest BCUT2D eigenvalue weighted by Gasteiger charge is 2.36. The molecule has 0 saturated heterocycles. The lowest BCUT2D eigenvalue weighted by Crippen LogP contribution is -2.25. The highest BCUT2D eigenvalue weighted by Crippen LogP contribution is 2.35. The van der Waals surface area contributed by atoms with Crippen LogP contribution in [0.15, 0.2) is 53.6 Å². The lowest BCUT2D eigenvalue weighted by molar-refractivity contribution is -0.386. The van der Waals surface area contributed by atoms with Crippen LogP contribution < -0.4 is 0 Å². The van der Waals surface area contributed by atoms with Crippen molar-refractivity contribution in [3.05, 3.63) is 74.8 Å². The van der Waals surface area contributed by atoms with Gasteiger partial charge in [0.25, 0.3) is 5.69 Å². The van der Waals surface area contributed by atoms with Crippen molar-refractivity contribution in [1.82, 2.24) is 5.01 Å². The van der Waals surface area contributed by atoms with Gasteiger partial charge in [0.2, 0.25) is 18.0 Å². The molecule has 0 unspecified atom stereocenters. The number of para-hydroxylation sites is 1. The van der Waals surface area contributed by atoms with Gasteiger partial charge in [-0.25, -0.2) is 0 Å². The number of nitro groups is 1. The summed E-state index contributed by atoms with van der Waals surface area (Å²) < 4.78 is 5.75. The summed E-state index contributed by atoms with van der Waals surface area (Å²) in [5.41, 5.74) is 0.735. The first-order chi connectivity index (χ1) is 11.5. The average Bonchev–Trinajstić information content (AvgIpc) is 3.01. The Morgan fingerprint density at radius 3 is 2.54 bits per heavy atom. The summed E-state index contributed by atoms with van der Waals surface area (Å²) in [6.45, 7) is 1.32. The Labute approximate surface area is 142 Å². The Morgan fingerprint density at radius 2 is 1.92 bits per heavy atom. The normalized spacial score (nSPS) is 16.5. The number of carbonyl (C=O) groups excluding carboxylic acids is 1. The lowest BCUT2D eigenvalue weighted by Gasteiger charge is -2.19. The summed E-state index contributed by atoms with van der Waals surface area (Å²) >= 11 is 5.86. The van der Waals surface area contributed by atoms with E-state index in [9.17, 15) is 14.9 Å². The number of hydrogen-bond acceptors (Lipinski definition) is 5. The van der Waals surface area contributed by atoms with Crippen LogP contribution in [0.25, 0.3) is 0 Å². The third-order valence-corrected chi connectivity index (χ3v) is 3.71. The largest absolute Gasteiger partial charge is 0.445 e. The van der Waals surface area contributed by atoms with Crippen LogP contribution in [0.1, 0.15) is 24.3 Å². The van der Waals surface area contributed by atoms with Crippen LogP contribution in [0.4, 0.5) is 5.69 Å². The molecule has 3 rings (SSSR count). The molecule has 1 atom stereocenters. The number of halogens is 1. The Balaban J connectivity index is 2.00. The molecular formula is C16H12ClN3O4. The summed E-state index contributed by atoms with van der Waals surface area (Å²) in [6, 6.07) is 12.8. The second-order valence-electron chi connectivity index (χ2n) is 5.06. The molecule has 0 bridgehead atoms. The number of nitro benzene ring substituents is 1. The van der Waals surface area contributed by atoms with E-state index in [-0.39, 0.29) is 23.1 Å². The zero-order chi connectivity index (χ0) is 17.3. The number of amides is 1. The molecule has 8 heteroatoms. The number of rotatable bonds is 3. The van der Waals surface area contributed by atoms with Crippen LogP contribution in [-0.4, -0.2) is 21.7 Å². The van der Waals surface area contributed by atoms with Gasteiger partial charge in [0.15, 0.2) is 0 Å². The second-order valence-corrected chi connectivity index (χ2v) is 5.50. The minimum Gasteiger partial charge on any atom is -0.445 e. The maximum absolute atomic E-state index is 11.9. The fourth-order valence-electron chi connectivity index (χ4n) is 2.34.